The molecule has 78 valence electrons. The molecule has 0 aliphatic rings. The lowest BCUT2D eigenvalue weighted by atomic mass is 10.3. The topological polar surface area (TPSA) is 33.1 Å². The molecular weight excluding hydrogens is 218 g/mol. The van der Waals surface area contributed by atoms with E-state index >= 15 is 0 Å². The Morgan fingerprint density at radius 2 is 1.94 bits per heavy atom. The average Bonchev–Trinajstić information content (AvgIpc) is 2.33. The fourth-order valence-corrected chi connectivity index (χ4v) is 1.69. The van der Waals surface area contributed by atoms with Gasteiger partial charge in [0.15, 0.2) is 0 Å². The third-order valence-electron chi connectivity index (χ3n) is 1.90. The minimum Gasteiger partial charge on any atom is -0.505 e. The van der Waals surface area contributed by atoms with Crippen molar-refractivity contribution in [3.63, 3.8) is 0 Å². The normalized spacial score (nSPS) is 9.25. The Balaban J connectivity index is 2.10. The van der Waals surface area contributed by atoms with Crippen LogP contribution in [0, 0.1) is 11.2 Å². The monoisotopic (exact) mass is 227 g/mol. The van der Waals surface area contributed by atoms with Crippen molar-refractivity contribution in [3.05, 3.63) is 54.4 Å². The molecule has 0 saturated heterocycles. The maximum absolute atomic E-state index is 9.43. The first-order valence-corrected chi connectivity index (χ1v) is 5.54. The molecule has 1 N–H and O–H groups in total. The van der Waals surface area contributed by atoms with Crippen molar-refractivity contribution in [1.29, 1.82) is 0 Å². The molecule has 16 heavy (non-hydrogen) atoms. The van der Waals surface area contributed by atoms with E-state index in [1.807, 2.05) is 30.3 Å². The number of hydrogen-bond donors (Lipinski definition) is 1. The van der Waals surface area contributed by atoms with Crippen LogP contribution >= 0.6 is 11.8 Å². The minimum absolute atomic E-state index is 0.115. The molecule has 0 fully saturated rings. The number of rotatable bonds is 1. The molecule has 0 radical (unpaired) electrons. The summed E-state index contributed by atoms with van der Waals surface area (Å²) in [5, 5.41) is 12.4. The van der Waals surface area contributed by atoms with Gasteiger partial charge in [-0.1, -0.05) is 24.1 Å². The largest absolute Gasteiger partial charge is 0.505 e. The zero-order chi connectivity index (χ0) is 11.2. The van der Waals surface area contributed by atoms with Crippen LogP contribution in [-0.2, 0) is 0 Å². The molecule has 2 aromatic rings. The number of thioether (sulfide) groups is 1. The molecule has 2 rings (SSSR count). The lowest BCUT2D eigenvalue weighted by Gasteiger charge is -1.93. The fourth-order valence-electron chi connectivity index (χ4n) is 1.12. The van der Waals surface area contributed by atoms with Crippen LogP contribution in [-0.4, -0.2) is 10.1 Å². The predicted molar refractivity (Wildman–Crippen MR) is 65.1 cm³/mol. The maximum Gasteiger partial charge on any atom is 0.149 e. The summed E-state index contributed by atoms with van der Waals surface area (Å²) in [6, 6.07) is 11.6. The quantitative estimate of drug-likeness (QED) is 0.600. The summed E-state index contributed by atoms with van der Waals surface area (Å²) in [7, 11) is 0. The van der Waals surface area contributed by atoms with Gasteiger partial charge >= 0.3 is 0 Å². The Morgan fingerprint density at radius 3 is 2.69 bits per heavy atom. The second-order valence-electron chi connectivity index (χ2n) is 3.04. The van der Waals surface area contributed by atoms with Crippen LogP contribution in [0.3, 0.4) is 0 Å². The van der Waals surface area contributed by atoms with Crippen molar-refractivity contribution in [2.75, 3.05) is 0 Å². The van der Waals surface area contributed by atoms with Gasteiger partial charge in [-0.05, 0) is 35.2 Å². The van der Waals surface area contributed by atoms with Gasteiger partial charge in [-0.25, -0.2) is 0 Å². The molecule has 0 aliphatic heterocycles. The Labute approximate surface area is 98.4 Å². The van der Waals surface area contributed by atoms with E-state index in [1.54, 1.807) is 12.3 Å². The van der Waals surface area contributed by atoms with Crippen LogP contribution in [0.1, 0.15) is 5.56 Å². The molecule has 0 spiro atoms. The Morgan fingerprint density at radius 1 is 1.12 bits per heavy atom. The van der Waals surface area contributed by atoms with Gasteiger partial charge in [0.05, 0.1) is 11.8 Å². The van der Waals surface area contributed by atoms with E-state index < -0.39 is 0 Å². The van der Waals surface area contributed by atoms with Gasteiger partial charge in [0.1, 0.15) is 5.75 Å². The smallest absolute Gasteiger partial charge is 0.149 e. The zero-order valence-electron chi connectivity index (χ0n) is 8.42. The highest BCUT2D eigenvalue weighted by molar-refractivity contribution is 8.03. The third kappa shape index (κ3) is 2.78. The van der Waals surface area contributed by atoms with E-state index in [0.29, 0.717) is 5.56 Å². The molecule has 0 unspecified atom stereocenters. The number of pyridine rings is 1. The van der Waals surface area contributed by atoms with Crippen molar-refractivity contribution >= 4 is 11.8 Å². The molecule has 1 aromatic carbocycles. The van der Waals surface area contributed by atoms with Gasteiger partial charge in [0, 0.05) is 11.1 Å². The first-order chi connectivity index (χ1) is 7.86. The van der Waals surface area contributed by atoms with Crippen molar-refractivity contribution in [1.82, 2.24) is 4.98 Å². The Kier molecular flexibility index (Phi) is 3.47. The number of nitrogens with zero attached hydrogens (tertiary/aromatic N) is 1. The van der Waals surface area contributed by atoms with Crippen LogP contribution in [0.5, 0.6) is 5.75 Å². The van der Waals surface area contributed by atoms with Crippen molar-refractivity contribution in [2.45, 2.75) is 4.90 Å². The van der Waals surface area contributed by atoms with Gasteiger partial charge < -0.3 is 5.11 Å². The van der Waals surface area contributed by atoms with E-state index in [0.717, 1.165) is 4.90 Å². The molecule has 1 aromatic heterocycles. The standard InChI is InChI=1S/C13H9NOS/c15-13-10-14-8-6-11(13)7-9-16-12-4-2-1-3-5-12/h1-6,8,10,15H. The second-order valence-corrected chi connectivity index (χ2v) is 3.91. The summed E-state index contributed by atoms with van der Waals surface area (Å²) in [5.41, 5.74) is 0.596. The van der Waals surface area contributed by atoms with Gasteiger partial charge in [-0.2, -0.15) is 0 Å². The SMILES string of the molecule is Oc1cnccc1C#CSc1ccccc1. The van der Waals surface area contributed by atoms with Gasteiger partial charge in [0.2, 0.25) is 0 Å². The van der Waals surface area contributed by atoms with E-state index in [2.05, 4.69) is 16.2 Å². The highest BCUT2D eigenvalue weighted by Gasteiger charge is 1.94. The predicted octanol–water partition coefficient (Wildman–Crippen LogP) is 2.89. The Hall–Kier alpha value is -1.92. The third-order valence-corrected chi connectivity index (χ3v) is 2.61. The molecule has 0 aliphatic carbocycles. The van der Waals surface area contributed by atoms with Crippen LogP contribution in [0.4, 0.5) is 0 Å². The average molecular weight is 227 g/mol. The number of benzene rings is 1. The molecule has 0 amide bonds. The summed E-state index contributed by atoms with van der Waals surface area (Å²) in [4.78, 5) is 4.87. The first kappa shape index (κ1) is 10.6. The van der Waals surface area contributed by atoms with Crippen molar-refractivity contribution in [3.8, 4) is 16.9 Å². The molecular formula is C13H9NOS. The minimum atomic E-state index is 0.115. The van der Waals surface area contributed by atoms with Crippen molar-refractivity contribution in [2.24, 2.45) is 0 Å². The molecule has 1 heterocycles. The van der Waals surface area contributed by atoms with Gasteiger partial charge in [-0.15, -0.1) is 0 Å². The first-order valence-electron chi connectivity index (χ1n) is 4.72. The highest BCUT2D eigenvalue weighted by Crippen LogP contribution is 2.17. The number of hydrogen-bond acceptors (Lipinski definition) is 3. The summed E-state index contributed by atoms with van der Waals surface area (Å²) >= 11 is 1.43. The number of aromatic hydroxyl groups is 1. The number of aromatic nitrogens is 1. The molecule has 3 heteroatoms. The highest BCUT2D eigenvalue weighted by atomic mass is 32.2. The summed E-state index contributed by atoms with van der Waals surface area (Å²) in [5.74, 6) is 3.00. The Bertz CT molecular complexity index is 528. The van der Waals surface area contributed by atoms with Crippen molar-refractivity contribution < 1.29 is 5.11 Å². The van der Waals surface area contributed by atoms with Crippen LogP contribution in [0.2, 0.25) is 0 Å². The summed E-state index contributed by atoms with van der Waals surface area (Å²) < 4.78 is 0. The van der Waals surface area contributed by atoms with Crippen LogP contribution in [0.25, 0.3) is 0 Å². The van der Waals surface area contributed by atoms with E-state index in [-0.39, 0.29) is 5.75 Å². The van der Waals surface area contributed by atoms with E-state index in [4.69, 9.17) is 0 Å². The summed E-state index contributed by atoms with van der Waals surface area (Å²) in [6.07, 6.45) is 2.99. The molecule has 2 nitrogen and oxygen atoms in total. The molecule has 0 saturated carbocycles. The fraction of sp³-hybridized carbons (Fsp3) is 0. The molecule has 0 atom stereocenters. The lowest BCUT2D eigenvalue weighted by Crippen LogP contribution is -1.77. The molecule has 0 bridgehead atoms. The van der Waals surface area contributed by atoms with Crippen LogP contribution in [0.15, 0.2) is 53.7 Å². The summed E-state index contributed by atoms with van der Waals surface area (Å²) in [6.45, 7) is 0. The second kappa shape index (κ2) is 5.24. The van der Waals surface area contributed by atoms with Gasteiger partial charge in [0.25, 0.3) is 0 Å². The van der Waals surface area contributed by atoms with E-state index in [1.165, 1.54) is 18.0 Å². The van der Waals surface area contributed by atoms with Crippen LogP contribution < -0.4 is 0 Å². The van der Waals surface area contributed by atoms with Gasteiger partial charge in [-0.3, -0.25) is 4.98 Å². The zero-order valence-corrected chi connectivity index (χ0v) is 9.24. The van der Waals surface area contributed by atoms with E-state index in [9.17, 15) is 5.11 Å². The maximum atomic E-state index is 9.43. The lowest BCUT2D eigenvalue weighted by molar-refractivity contribution is 0.471.